The maximum Gasteiger partial charge on any atom is 0.0425 e. The normalized spacial score (nSPS) is 17.3. The minimum Gasteiger partial charge on any atom is -0.0690 e. The SMILES string of the molecule is C1=CC(c2ccccc2)(c2ccccc2)CC2=C1Cc1ccccc12. The number of fused-ring (bicyclic) bond motifs is 2. The lowest BCUT2D eigenvalue weighted by molar-refractivity contribution is 0.655. The topological polar surface area (TPSA) is 0 Å². The van der Waals surface area contributed by atoms with Crippen molar-refractivity contribution in [2.45, 2.75) is 18.3 Å². The van der Waals surface area contributed by atoms with Gasteiger partial charge in [0.05, 0.1) is 0 Å². The number of benzene rings is 3. The molecule has 3 aromatic rings. The van der Waals surface area contributed by atoms with E-state index in [4.69, 9.17) is 0 Å². The first kappa shape index (κ1) is 14.5. The predicted octanol–water partition coefficient (Wildman–Crippen LogP) is 5.94. The lowest BCUT2D eigenvalue weighted by Gasteiger charge is -2.36. The highest BCUT2D eigenvalue weighted by atomic mass is 14.4. The van der Waals surface area contributed by atoms with E-state index in [9.17, 15) is 0 Å². The van der Waals surface area contributed by atoms with E-state index in [0.29, 0.717) is 0 Å². The van der Waals surface area contributed by atoms with Gasteiger partial charge in [-0.05, 0) is 46.2 Å². The largest absolute Gasteiger partial charge is 0.0690 e. The Morgan fingerprint density at radius 2 is 1.24 bits per heavy atom. The molecule has 0 amide bonds. The first-order valence-electron chi connectivity index (χ1n) is 8.97. The van der Waals surface area contributed by atoms with Gasteiger partial charge in [-0.3, -0.25) is 0 Å². The monoisotopic (exact) mass is 320 g/mol. The smallest absolute Gasteiger partial charge is 0.0425 e. The molecule has 5 rings (SSSR count). The van der Waals surface area contributed by atoms with E-state index in [1.807, 2.05) is 0 Å². The van der Waals surface area contributed by atoms with Crippen LogP contribution in [-0.4, -0.2) is 0 Å². The van der Waals surface area contributed by atoms with Gasteiger partial charge < -0.3 is 0 Å². The zero-order valence-electron chi connectivity index (χ0n) is 14.2. The zero-order valence-corrected chi connectivity index (χ0v) is 14.2. The second-order valence-corrected chi connectivity index (χ2v) is 7.05. The highest BCUT2D eigenvalue weighted by Crippen LogP contribution is 2.49. The van der Waals surface area contributed by atoms with Gasteiger partial charge in [-0.25, -0.2) is 0 Å². The van der Waals surface area contributed by atoms with Crippen molar-refractivity contribution < 1.29 is 0 Å². The molecule has 3 aromatic carbocycles. The third kappa shape index (κ3) is 2.21. The van der Waals surface area contributed by atoms with E-state index in [0.717, 1.165) is 12.8 Å². The summed E-state index contributed by atoms with van der Waals surface area (Å²) in [4.78, 5) is 0. The van der Waals surface area contributed by atoms with Crippen molar-refractivity contribution in [3.63, 3.8) is 0 Å². The van der Waals surface area contributed by atoms with Crippen LogP contribution < -0.4 is 0 Å². The first-order valence-corrected chi connectivity index (χ1v) is 8.97. The molecular formula is C25H20. The van der Waals surface area contributed by atoms with Gasteiger partial charge in [0.2, 0.25) is 0 Å². The van der Waals surface area contributed by atoms with Crippen LogP contribution in [0.15, 0.2) is 103 Å². The van der Waals surface area contributed by atoms with Gasteiger partial charge in [0.15, 0.2) is 0 Å². The molecule has 0 heteroatoms. The molecular weight excluding hydrogens is 300 g/mol. The molecule has 0 aromatic heterocycles. The highest BCUT2D eigenvalue weighted by Gasteiger charge is 2.37. The summed E-state index contributed by atoms with van der Waals surface area (Å²) in [5.41, 5.74) is 8.57. The molecule has 0 bridgehead atoms. The molecule has 0 aliphatic heterocycles. The van der Waals surface area contributed by atoms with E-state index < -0.39 is 0 Å². The van der Waals surface area contributed by atoms with Crippen LogP contribution in [0.1, 0.15) is 28.7 Å². The van der Waals surface area contributed by atoms with Crippen LogP contribution in [0, 0.1) is 0 Å². The maximum absolute atomic E-state index is 2.43. The minimum atomic E-state index is -0.0845. The van der Waals surface area contributed by atoms with Gasteiger partial charge in [-0.2, -0.15) is 0 Å². The predicted molar refractivity (Wildman–Crippen MR) is 104 cm³/mol. The summed E-state index contributed by atoms with van der Waals surface area (Å²) in [6.07, 6.45) is 6.91. The molecule has 2 aliphatic rings. The fourth-order valence-electron chi connectivity index (χ4n) is 4.44. The van der Waals surface area contributed by atoms with Crippen molar-refractivity contribution in [2.24, 2.45) is 0 Å². The van der Waals surface area contributed by atoms with Crippen LogP contribution in [0.5, 0.6) is 0 Å². The van der Waals surface area contributed by atoms with Crippen molar-refractivity contribution in [3.05, 3.63) is 125 Å². The Bertz CT molecular complexity index is 935. The summed E-state index contributed by atoms with van der Waals surface area (Å²) in [6, 6.07) is 30.8. The molecule has 0 fully saturated rings. The number of hydrogen-bond donors (Lipinski definition) is 0. The maximum atomic E-state index is 2.43. The Hall–Kier alpha value is -2.86. The van der Waals surface area contributed by atoms with Crippen LogP contribution in [0.25, 0.3) is 5.57 Å². The van der Waals surface area contributed by atoms with Gasteiger partial charge >= 0.3 is 0 Å². The van der Waals surface area contributed by atoms with E-state index in [1.54, 1.807) is 0 Å². The average Bonchev–Trinajstić information content (AvgIpc) is 3.07. The lowest BCUT2D eigenvalue weighted by Crippen LogP contribution is -2.27. The van der Waals surface area contributed by atoms with Crippen molar-refractivity contribution in [1.29, 1.82) is 0 Å². The van der Waals surface area contributed by atoms with E-state index >= 15 is 0 Å². The second kappa shape index (κ2) is 5.60. The van der Waals surface area contributed by atoms with Gasteiger partial charge in [0.1, 0.15) is 0 Å². The second-order valence-electron chi connectivity index (χ2n) is 7.05. The summed E-state index contributed by atoms with van der Waals surface area (Å²) in [5, 5.41) is 0. The molecule has 2 aliphatic carbocycles. The summed E-state index contributed by atoms with van der Waals surface area (Å²) in [7, 11) is 0. The zero-order chi connectivity index (χ0) is 16.7. The molecule has 0 saturated carbocycles. The van der Waals surface area contributed by atoms with Crippen LogP contribution in [0.4, 0.5) is 0 Å². The van der Waals surface area contributed by atoms with E-state index in [2.05, 4.69) is 97.1 Å². The van der Waals surface area contributed by atoms with Crippen molar-refractivity contribution in [3.8, 4) is 0 Å². The third-order valence-electron chi connectivity index (χ3n) is 5.71. The molecule has 0 spiro atoms. The Kier molecular flexibility index (Phi) is 3.24. The van der Waals surface area contributed by atoms with Crippen molar-refractivity contribution in [1.82, 2.24) is 0 Å². The van der Waals surface area contributed by atoms with E-state index in [-0.39, 0.29) is 5.41 Å². The Morgan fingerprint density at radius 3 is 1.92 bits per heavy atom. The highest BCUT2D eigenvalue weighted by molar-refractivity contribution is 5.82. The fraction of sp³-hybridized carbons (Fsp3) is 0.120. The standard InChI is InChI=1S/C25H20/c1-3-10-21(11-4-1)25(22-12-5-2-6-13-22)16-15-20-17-19-9-7-8-14-23(19)24(20)18-25/h1-16H,17-18H2. The third-order valence-corrected chi connectivity index (χ3v) is 5.71. The summed E-state index contributed by atoms with van der Waals surface area (Å²) in [6.45, 7) is 0. The molecule has 120 valence electrons. The molecule has 25 heavy (non-hydrogen) atoms. The number of hydrogen-bond acceptors (Lipinski definition) is 0. The quantitative estimate of drug-likeness (QED) is 0.548. The lowest BCUT2D eigenvalue weighted by atomic mass is 9.67. The fourth-order valence-corrected chi connectivity index (χ4v) is 4.44. The first-order chi connectivity index (χ1) is 12.4. The van der Waals surface area contributed by atoms with Crippen LogP contribution >= 0.6 is 0 Å². The average molecular weight is 320 g/mol. The molecule has 0 radical (unpaired) electrons. The number of rotatable bonds is 2. The van der Waals surface area contributed by atoms with Crippen molar-refractivity contribution >= 4 is 5.57 Å². The molecule has 0 heterocycles. The Morgan fingerprint density at radius 1 is 0.640 bits per heavy atom. The van der Waals surface area contributed by atoms with Gasteiger partial charge in [-0.1, -0.05) is 97.1 Å². The van der Waals surface area contributed by atoms with Crippen LogP contribution in [0.3, 0.4) is 0 Å². The van der Waals surface area contributed by atoms with Gasteiger partial charge in [-0.15, -0.1) is 0 Å². The molecule has 0 atom stereocenters. The van der Waals surface area contributed by atoms with Gasteiger partial charge in [0.25, 0.3) is 0 Å². The summed E-state index contributed by atoms with van der Waals surface area (Å²) in [5.74, 6) is 0. The van der Waals surface area contributed by atoms with Crippen LogP contribution in [-0.2, 0) is 11.8 Å². The van der Waals surface area contributed by atoms with E-state index in [1.165, 1.54) is 33.4 Å². The Balaban J connectivity index is 1.69. The molecule has 0 N–H and O–H groups in total. The van der Waals surface area contributed by atoms with Gasteiger partial charge in [0, 0.05) is 5.41 Å². The Labute approximate surface area is 149 Å². The molecule has 0 saturated heterocycles. The molecule has 0 unspecified atom stereocenters. The summed E-state index contributed by atoms with van der Waals surface area (Å²) >= 11 is 0. The molecule has 0 nitrogen and oxygen atoms in total. The number of allylic oxidation sites excluding steroid dienone is 4. The van der Waals surface area contributed by atoms with Crippen LogP contribution in [0.2, 0.25) is 0 Å². The summed E-state index contributed by atoms with van der Waals surface area (Å²) < 4.78 is 0. The minimum absolute atomic E-state index is 0.0845. The van der Waals surface area contributed by atoms with Crippen molar-refractivity contribution in [2.75, 3.05) is 0 Å².